The Morgan fingerprint density at radius 1 is 1.15 bits per heavy atom. The molecule has 0 saturated carbocycles. The molecule has 1 N–H and O–H groups in total. The van der Waals surface area contributed by atoms with Gasteiger partial charge in [-0.2, -0.15) is 5.26 Å². The van der Waals surface area contributed by atoms with Crippen molar-refractivity contribution in [2.24, 2.45) is 5.92 Å². The zero-order valence-electron chi connectivity index (χ0n) is 19.3. The van der Waals surface area contributed by atoms with Crippen molar-refractivity contribution in [3.05, 3.63) is 48.5 Å². The van der Waals surface area contributed by atoms with Gasteiger partial charge in [-0.3, -0.25) is 9.36 Å². The average molecular weight is 466 g/mol. The van der Waals surface area contributed by atoms with Gasteiger partial charge in [0.05, 0.1) is 37.3 Å². The number of ether oxygens (including phenoxy) is 2. The van der Waals surface area contributed by atoms with E-state index in [0.717, 1.165) is 17.0 Å². The van der Waals surface area contributed by atoms with Gasteiger partial charge < -0.3 is 14.8 Å². The Bertz CT molecular complexity index is 1150. The van der Waals surface area contributed by atoms with Crippen LogP contribution in [-0.4, -0.2) is 46.2 Å². The van der Waals surface area contributed by atoms with Crippen LogP contribution < -0.4 is 14.8 Å². The molecule has 3 aromatic rings. The van der Waals surface area contributed by atoms with Crippen molar-refractivity contribution in [3.63, 3.8) is 0 Å². The molecule has 0 spiro atoms. The first-order valence-corrected chi connectivity index (χ1v) is 11.4. The number of nitrogens with one attached hydrogen (secondary N) is 1. The van der Waals surface area contributed by atoms with Crippen LogP contribution in [0.3, 0.4) is 0 Å². The number of thioether (sulfide) groups is 1. The lowest BCUT2D eigenvalue weighted by Crippen LogP contribution is -2.49. The molecule has 0 bridgehead atoms. The van der Waals surface area contributed by atoms with E-state index in [4.69, 9.17) is 9.47 Å². The highest BCUT2D eigenvalue weighted by Crippen LogP contribution is 2.33. The molecule has 0 saturated heterocycles. The van der Waals surface area contributed by atoms with Gasteiger partial charge in [0.2, 0.25) is 5.91 Å². The molecule has 0 unspecified atom stereocenters. The second-order valence-electron chi connectivity index (χ2n) is 7.85. The van der Waals surface area contributed by atoms with Crippen molar-refractivity contribution in [2.75, 3.05) is 20.0 Å². The van der Waals surface area contributed by atoms with Crippen LogP contribution in [0, 0.1) is 17.2 Å². The van der Waals surface area contributed by atoms with Gasteiger partial charge in [0.1, 0.15) is 17.0 Å². The van der Waals surface area contributed by atoms with Crippen LogP contribution in [0.5, 0.6) is 11.5 Å². The van der Waals surface area contributed by atoms with Gasteiger partial charge in [0, 0.05) is 0 Å². The number of carbonyl (C=O) groups excluding carboxylic acids is 1. The molecule has 1 amide bonds. The fraction of sp³-hybridized carbons (Fsp3) is 0.333. The van der Waals surface area contributed by atoms with E-state index < -0.39 is 5.54 Å². The average Bonchev–Trinajstić information content (AvgIpc) is 3.26. The Balaban J connectivity index is 1.96. The number of aromatic nitrogens is 3. The summed E-state index contributed by atoms with van der Waals surface area (Å²) in [5.41, 5.74) is 0.647. The Labute approximate surface area is 197 Å². The van der Waals surface area contributed by atoms with Crippen molar-refractivity contribution >= 4 is 17.7 Å². The lowest BCUT2D eigenvalue weighted by atomic mass is 9.90. The van der Waals surface area contributed by atoms with E-state index in [1.54, 1.807) is 21.1 Å². The first-order chi connectivity index (χ1) is 15.8. The predicted octanol–water partition coefficient (Wildman–Crippen LogP) is 4.10. The van der Waals surface area contributed by atoms with Gasteiger partial charge in [-0.25, -0.2) is 0 Å². The number of rotatable bonds is 9. The van der Waals surface area contributed by atoms with Crippen molar-refractivity contribution in [3.8, 4) is 34.6 Å². The van der Waals surface area contributed by atoms with Gasteiger partial charge in [0.25, 0.3) is 0 Å². The second-order valence-corrected chi connectivity index (χ2v) is 8.79. The molecular weight excluding hydrogens is 438 g/mol. The van der Waals surface area contributed by atoms with Crippen molar-refractivity contribution in [2.45, 2.75) is 31.5 Å². The Kier molecular flexibility index (Phi) is 7.61. The van der Waals surface area contributed by atoms with Gasteiger partial charge in [-0.05, 0) is 49.2 Å². The van der Waals surface area contributed by atoms with E-state index in [-0.39, 0.29) is 17.6 Å². The zero-order chi connectivity index (χ0) is 24.0. The Hall–Kier alpha value is -3.51. The lowest BCUT2D eigenvalue weighted by molar-refractivity contribution is -0.120. The normalized spacial score (nSPS) is 12.6. The standard InChI is InChI=1S/C24H27N5O3S/c1-16(2)24(3,15-25)26-21(30)14-33-23-28-27-22(19-8-6-7-9-20(19)32-5)29(23)17-10-12-18(31-4)13-11-17/h6-13,16H,14H2,1-5H3,(H,26,30)/t24-/m1/s1. The Morgan fingerprint density at radius 2 is 1.85 bits per heavy atom. The second kappa shape index (κ2) is 10.4. The quantitative estimate of drug-likeness (QED) is 0.475. The topological polar surface area (TPSA) is 102 Å². The number of amides is 1. The minimum absolute atomic E-state index is 0.0310. The fourth-order valence-electron chi connectivity index (χ4n) is 3.09. The number of carbonyl (C=O) groups is 1. The highest BCUT2D eigenvalue weighted by molar-refractivity contribution is 7.99. The van der Waals surface area contributed by atoms with Crippen molar-refractivity contribution < 1.29 is 14.3 Å². The summed E-state index contributed by atoms with van der Waals surface area (Å²) in [6.07, 6.45) is 0. The van der Waals surface area contributed by atoms with E-state index in [1.807, 2.05) is 66.9 Å². The molecule has 0 aliphatic heterocycles. The third-order valence-corrected chi connectivity index (χ3v) is 6.36. The van der Waals surface area contributed by atoms with Crippen LogP contribution in [-0.2, 0) is 4.79 Å². The summed E-state index contributed by atoms with van der Waals surface area (Å²) in [5.74, 6) is 1.78. The molecule has 0 fully saturated rings. The van der Waals surface area contributed by atoms with E-state index in [9.17, 15) is 10.1 Å². The molecule has 0 aliphatic rings. The first-order valence-electron chi connectivity index (χ1n) is 10.4. The number of methoxy groups -OCH3 is 2. The van der Waals surface area contributed by atoms with E-state index in [2.05, 4.69) is 21.6 Å². The molecule has 8 nitrogen and oxygen atoms in total. The summed E-state index contributed by atoms with van der Waals surface area (Å²) in [6, 6.07) is 17.2. The highest BCUT2D eigenvalue weighted by Gasteiger charge is 2.30. The van der Waals surface area contributed by atoms with Crippen LogP contribution in [0.1, 0.15) is 20.8 Å². The molecule has 0 aliphatic carbocycles. The summed E-state index contributed by atoms with van der Waals surface area (Å²) < 4.78 is 12.7. The van der Waals surface area contributed by atoms with Gasteiger partial charge in [0.15, 0.2) is 11.0 Å². The molecule has 9 heteroatoms. The largest absolute Gasteiger partial charge is 0.497 e. The number of benzene rings is 2. The van der Waals surface area contributed by atoms with Crippen molar-refractivity contribution in [1.82, 2.24) is 20.1 Å². The summed E-state index contributed by atoms with van der Waals surface area (Å²) >= 11 is 1.25. The number of para-hydroxylation sites is 1. The summed E-state index contributed by atoms with van der Waals surface area (Å²) in [5, 5.41) is 21.6. The fourth-order valence-corrected chi connectivity index (χ4v) is 3.84. The van der Waals surface area contributed by atoms with Crippen LogP contribution in [0.4, 0.5) is 0 Å². The molecule has 3 rings (SSSR count). The third-order valence-electron chi connectivity index (χ3n) is 5.43. The lowest BCUT2D eigenvalue weighted by Gasteiger charge is -2.27. The maximum Gasteiger partial charge on any atom is 0.231 e. The minimum Gasteiger partial charge on any atom is -0.497 e. The van der Waals surface area contributed by atoms with Crippen LogP contribution in [0.2, 0.25) is 0 Å². The molecule has 1 aromatic heterocycles. The van der Waals surface area contributed by atoms with Crippen LogP contribution >= 0.6 is 11.8 Å². The SMILES string of the molecule is COc1ccc(-n2c(SCC(=O)N[C@](C)(C#N)C(C)C)nnc2-c2ccccc2OC)cc1. The van der Waals surface area contributed by atoms with Crippen molar-refractivity contribution in [1.29, 1.82) is 5.26 Å². The Morgan fingerprint density at radius 3 is 2.45 bits per heavy atom. The summed E-state index contributed by atoms with van der Waals surface area (Å²) in [7, 11) is 3.22. The van der Waals surface area contributed by atoms with Gasteiger partial charge in [-0.15, -0.1) is 10.2 Å². The smallest absolute Gasteiger partial charge is 0.231 e. The zero-order valence-corrected chi connectivity index (χ0v) is 20.1. The summed E-state index contributed by atoms with van der Waals surface area (Å²) in [4.78, 5) is 12.6. The molecule has 0 radical (unpaired) electrons. The van der Waals surface area contributed by atoms with Gasteiger partial charge >= 0.3 is 0 Å². The highest BCUT2D eigenvalue weighted by atomic mass is 32.2. The van der Waals surface area contributed by atoms with E-state index in [0.29, 0.717) is 16.7 Å². The first kappa shape index (κ1) is 24.1. The van der Waals surface area contributed by atoms with E-state index in [1.165, 1.54) is 11.8 Å². The van der Waals surface area contributed by atoms with E-state index >= 15 is 0 Å². The van der Waals surface area contributed by atoms with Crippen LogP contribution in [0.15, 0.2) is 53.7 Å². The minimum atomic E-state index is -0.941. The number of hydrogen-bond acceptors (Lipinski definition) is 7. The molecule has 1 heterocycles. The summed E-state index contributed by atoms with van der Waals surface area (Å²) in [6.45, 7) is 5.52. The molecule has 172 valence electrons. The monoisotopic (exact) mass is 465 g/mol. The third kappa shape index (κ3) is 5.29. The predicted molar refractivity (Wildman–Crippen MR) is 128 cm³/mol. The molecule has 33 heavy (non-hydrogen) atoms. The molecule has 1 atom stereocenters. The molecule has 2 aromatic carbocycles. The number of nitriles is 1. The maximum absolute atomic E-state index is 12.6. The van der Waals surface area contributed by atoms with Gasteiger partial charge in [-0.1, -0.05) is 37.7 Å². The number of hydrogen-bond donors (Lipinski definition) is 1. The number of nitrogens with zero attached hydrogens (tertiary/aromatic N) is 4. The maximum atomic E-state index is 12.6. The molecular formula is C24H27N5O3S. The van der Waals surface area contributed by atoms with Crippen LogP contribution in [0.25, 0.3) is 17.1 Å².